The maximum atomic E-state index is 10.2. The molecule has 0 spiro atoms. The van der Waals surface area contributed by atoms with E-state index in [-0.39, 0.29) is 6.04 Å². The van der Waals surface area contributed by atoms with Crippen LogP contribution in [0.15, 0.2) is 67.1 Å². The van der Waals surface area contributed by atoms with Crippen LogP contribution in [0.4, 0.5) is 5.82 Å². The fourth-order valence-corrected chi connectivity index (χ4v) is 4.30. The Balaban J connectivity index is 1.63. The molecule has 0 bridgehead atoms. The second-order valence-electron chi connectivity index (χ2n) is 7.85. The summed E-state index contributed by atoms with van der Waals surface area (Å²) in [5, 5.41) is 14.5. The summed E-state index contributed by atoms with van der Waals surface area (Å²) in [7, 11) is 0. The molecule has 32 heavy (non-hydrogen) atoms. The molecule has 1 aliphatic carbocycles. The number of pyridine rings is 2. The van der Waals surface area contributed by atoms with Gasteiger partial charge in [-0.15, -0.1) is 0 Å². The lowest BCUT2D eigenvalue weighted by molar-refractivity contribution is 0.158. The van der Waals surface area contributed by atoms with E-state index in [9.17, 15) is 5.11 Å². The largest absolute Gasteiger partial charge is 0.391 e. The van der Waals surface area contributed by atoms with Crippen LogP contribution in [0.5, 0.6) is 0 Å². The number of aromatic nitrogens is 6. The number of nitrogens with two attached hydrogens (primary N) is 2. The third kappa shape index (κ3) is 2.79. The minimum absolute atomic E-state index is 0.378. The highest BCUT2D eigenvalue weighted by Gasteiger charge is 2.29. The van der Waals surface area contributed by atoms with Crippen molar-refractivity contribution in [3.05, 3.63) is 78.2 Å². The lowest BCUT2D eigenvalue weighted by atomic mass is 10.1. The number of rotatable bonds is 3. The van der Waals surface area contributed by atoms with Gasteiger partial charge in [0.2, 0.25) is 0 Å². The molecule has 4 heterocycles. The Morgan fingerprint density at radius 1 is 1.03 bits per heavy atom. The van der Waals surface area contributed by atoms with Crippen LogP contribution in [-0.2, 0) is 6.42 Å². The molecule has 5 aromatic rings. The highest BCUT2D eigenvalue weighted by Crippen LogP contribution is 2.35. The quantitative estimate of drug-likeness (QED) is 0.404. The van der Waals surface area contributed by atoms with Gasteiger partial charge in [0.15, 0.2) is 17.3 Å². The lowest BCUT2D eigenvalue weighted by Gasteiger charge is -2.13. The van der Waals surface area contributed by atoms with Crippen molar-refractivity contribution in [1.29, 1.82) is 0 Å². The van der Waals surface area contributed by atoms with E-state index in [1.807, 2.05) is 59.3 Å². The third-order valence-electron chi connectivity index (χ3n) is 5.90. The predicted molar refractivity (Wildman–Crippen MR) is 120 cm³/mol. The molecule has 4 aromatic heterocycles. The van der Waals surface area contributed by atoms with Gasteiger partial charge in [-0.3, -0.25) is 4.57 Å². The van der Waals surface area contributed by atoms with Gasteiger partial charge in [-0.25, -0.2) is 19.6 Å². The molecule has 1 aromatic carbocycles. The summed E-state index contributed by atoms with van der Waals surface area (Å²) in [5.41, 5.74) is 17.3. The highest BCUT2D eigenvalue weighted by molar-refractivity contribution is 5.83. The van der Waals surface area contributed by atoms with Crippen molar-refractivity contribution >= 4 is 17.0 Å². The van der Waals surface area contributed by atoms with Gasteiger partial charge in [-0.2, -0.15) is 5.10 Å². The van der Waals surface area contributed by atoms with Gasteiger partial charge in [-0.05, 0) is 53.6 Å². The molecule has 158 valence electrons. The van der Waals surface area contributed by atoms with E-state index in [0.717, 1.165) is 22.3 Å². The fourth-order valence-electron chi connectivity index (χ4n) is 4.30. The molecule has 0 amide bonds. The van der Waals surface area contributed by atoms with Crippen LogP contribution in [0.25, 0.3) is 34.1 Å². The maximum absolute atomic E-state index is 10.2. The zero-order chi connectivity index (χ0) is 21.8. The molecule has 2 unspecified atom stereocenters. The normalized spacial score (nSPS) is 17.7. The van der Waals surface area contributed by atoms with E-state index in [4.69, 9.17) is 21.4 Å². The average Bonchev–Trinajstić information content (AvgIpc) is 3.52. The minimum atomic E-state index is -0.585. The van der Waals surface area contributed by atoms with Crippen molar-refractivity contribution in [3.8, 4) is 22.9 Å². The molecule has 6 rings (SSSR count). The van der Waals surface area contributed by atoms with Gasteiger partial charge in [0, 0.05) is 30.7 Å². The molecule has 9 heteroatoms. The van der Waals surface area contributed by atoms with Crippen LogP contribution in [-0.4, -0.2) is 40.5 Å². The molecule has 0 aliphatic heterocycles. The van der Waals surface area contributed by atoms with Crippen LogP contribution in [0, 0.1) is 0 Å². The van der Waals surface area contributed by atoms with E-state index in [1.54, 1.807) is 17.1 Å². The summed E-state index contributed by atoms with van der Waals surface area (Å²) in [6.45, 7) is 0. The van der Waals surface area contributed by atoms with Gasteiger partial charge in [-0.1, -0.05) is 6.07 Å². The van der Waals surface area contributed by atoms with Gasteiger partial charge in [0.1, 0.15) is 11.3 Å². The van der Waals surface area contributed by atoms with Crippen LogP contribution in [0.2, 0.25) is 0 Å². The number of anilines is 1. The first kappa shape index (κ1) is 18.7. The molecule has 0 saturated heterocycles. The predicted octanol–water partition coefficient (Wildman–Crippen LogP) is 2.17. The summed E-state index contributed by atoms with van der Waals surface area (Å²) in [5.74, 6) is 1.70. The summed E-state index contributed by atoms with van der Waals surface area (Å²) in [6, 6.07) is 14.9. The number of hydrogen-bond acceptors (Lipinski definition) is 7. The zero-order valence-corrected chi connectivity index (χ0v) is 17.0. The van der Waals surface area contributed by atoms with E-state index >= 15 is 0 Å². The smallest absolute Gasteiger partial charge is 0.167 e. The summed E-state index contributed by atoms with van der Waals surface area (Å²) >= 11 is 0. The fraction of sp³-hybridized carbons (Fsp3) is 0.130. The number of aliphatic hydroxyl groups is 1. The van der Waals surface area contributed by atoms with E-state index < -0.39 is 6.10 Å². The van der Waals surface area contributed by atoms with Crippen molar-refractivity contribution in [2.45, 2.75) is 18.6 Å². The number of imidazole rings is 1. The lowest BCUT2D eigenvalue weighted by Crippen LogP contribution is -2.21. The second kappa shape index (κ2) is 6.98. The van der Waals surface area contributed by atoms with Crippen molar-refractivity contribution < 1.29 is 5.11 Å². The van der Waals surface area contributed by atoms with Crippen molar-refractivity contribution in [2.75, 3.05) is 5.73 Å². The first-order valence-corrected chi connectivity index (χ1v) is 10.3. The number of benzene rings is 1. The Hall–Kier alpha value is -4.08. The molecule has 0 radical (unpaired) electrons. The Bertz CT molecular complexity index is 1460. The van der Waals surface area contributed by atoms with Crippen molar-refractivity contribution in [3.63, 3.8) is 0 Å². The standard InChI is InChI=1S/C23H20N8O/c24-20-15-5-4-14(11-13(15)12-18(20)32)31-22(16-3-1-8-26-21(16)25)28-17-6-7-19(29-23(17)31)30-10-2-9-27-30/h1-11,18,20,32H,12,24H2,(H2,25,26). The molecule has 1 aliphatic rings. The third-order valence-corrected chi connectivity index (χ3v) is 5.90. The van der Waals surface area contributed by atoms with Crippen LogP contribution in [0.1, 0.15) is 17.2 Å². The number of aliphatic hydroxyl groups excluding tert-OH is 1. The first-order valence-electron chi connectivity index (χ1n) is 10.3. The van der Waals surface area contributed by atoms with Crippen molar-refractivity contribution in [2.24, 2.45) is 5.73 Å². The SMILES string of the molecule is Nc1ncccc1-c1nc2ccc(-n3cccn3)nc2n1-c1ccc2c(c1)CC(O)C2N. The topological polar surface area (TPSA) is 134 Å². The van der Waals surface area contributed by atoms with E-state index in [1.165, 1.54) is 0 Å². The monoisotopic (exact) mass is 424 g/mol. The average molecular weight is 424 g/mol. The summed E-state index contributed by atoms with van der Waals surface area (Å²) in [4.78, 5) is 13.9. The van der Waals surface area contributed by atoms with Gasteiger partial charge >= 0.3 is 0 Å². The Morgan fingerprint density at radius 3 is 2.75 bits per heavy atom. The Labute approximate surface area is 183 Å². The van der Waals surface area contributed by atoms with Gasteiger partial charge < -0.3 is 16.6 Å². The van der Waals surface area contributed by atoms with E-state index in [0.29, 0.717) is 35.1 Å². The molecule has 9 nitrogen and oxygen atoms in total. The number of fused-ring (bicyclic) bond motifs is 2. The van der Waals surface area contributed by atoms with Gasteiger partial charge in [0.25, 0.3) is 0 Å². The first-order chi connectivity index (χ1) is 15.6. The molecule has 5 N–H and O–H groups in total. The molecular formula is C23H20N8O. The maximum Gasteiger partial charge on any atom is 0.167 e. The second-order valence-corrected chi connectivity index (χ2v) is 7.85. The van der Waals surface area contributed by atoms with E-state index in [2.05, 4.69) is 10.1 Å². The number of nitrogens with zero attached hydrogens (tertiary/aromatic N) is 6. The minimum Gasteiger partial charge on any atom is -0.391 e. The molecule has 0 fully saturated rings. The summed E-state index contributed by atoms with van der Waals surface area (Å²) in [6.07, 6.45) is 5.12. The van der Waals surface area contributed by atoms with Crippen LogP contribution < -0.4 is 11.5 Å². The van der Waals surface area contributed by atoms with Crippen molar-refractivity contribution in [1.82, 2.24) is 29.3 Å². The number of hydrogen-bond donors (Lipinski definition) is 3. The number of nitrogen functional groups attached to an aromatic ring is 1. The van der Waals surface area contributed by atoms with Gasteiger partial charge in [0.05, 0.1) is 17.7 Å². The molecule has 0 saturated carbocycles. The zero-order valence-electron chi connectivity index (χ0n) is 17.0. The Kier molecular flexibility index (Phi) is 4.07. The molecule has 2 atom stereocenters. The summed E-state index contributed by atoms with van der Waals surface area (Å²) < 4.78 is 3.67. The highest BCUT2D eigenvalue weighted by atomic mass is 16.3. The van der Waals surface area contributed by atoms with Crippen LogP contribution >= 0.6 is 0 Å². The Morgan fingerprint density at radius 2 is 1.94 bits per heavy atom. The van der Waals surface area contributed by atoms with Crippen LogP contribution in [0.3, 0.4) is 0 Å². The molecular weight excluding hydrogens is 404 g/mol.